The van der Waals surface area contributed by atoms with Gasteiger partial charge >= 0.3 is 0 Å². The summed E-state index contributed by atoms with van der Waals surface area (Å²) in [5.74, 6) is 1.80. The number of para-hydroxylation sites is 3. The monoisotopic (exact) mass is 933 g/mol. The zero-order valence-electron chi connectivity index (χ0n) is 38.7. The van der Waals surface area contributed by atoms with Crippen LogP contribution in [0.1, 0.15) is 44.5 Å². The van der Waals surface area contributed by atoms with Gasteiger partial charge < -0.3 is 14.1 Å². The Hall–Kier alpha value is -8.96. The molecule has 0 radical (unpaired) electrons. The lowest BCUT2D eigenvalue weighted by atomic mass is 9.66. The number of nitrogens with zero attached hydrogens (tertiary/aromatic N) is 1. The normalized spacial score (nSPS) is 14.4. The summed E-state index contributed by atoms with van der Waals surface area (Å²) in [6.45, 7) is 0. The molecule has 1 aliphatic heterocycles. The molecule has 0 atom stereocenters. The van der Waals surface area contributed by atoms with Crippen LogP contribution in [-0.2, 0) is 10.8 Å². The lowest BCUT2D eigenvalue weighted by Crippen LogP contribution is -2.32. The van der Waals surface area contributed by atoms with Crippen molar-refractivity contribution in [2.24, 2.45) is 0 Å². The Balaban J connectivity index is 0.969. The van der Waals surface area contributed by atoms with Crippen LogP contribution in [0.4, 0.5) is 17.1 Å². The van der Waals surface area contributed by atoms with Gasteiger partial charge in [0.2, 0.25) is 0 Å². The molecule has 0 saturated heterocycles. The lowest BCUT2D eigenvalue weighted by Gasteiger charge is -2.39. The predicted molar refractivity (Wildman–Crippen MR) is 295 cm³/mol. The second kappa shape index (κ2) is 13.9. The predicted octanol–water partition coefficient (Wildman–Crippen LogP) is 18.2. The fourth-order valence-corrected chi connectivity index (χ4v) is 15.1. The van der Waals surface area contributed by atoms with E-state index < -0.39 is 10.8 Å². The number of hydrogen-bond donors (Lipinski definition) is 0. The van der Waals surface area contributed by atoms with Gasteiger partial charge in [-0.2, -0.15) is 0 Å². The molecule has 11 aromatic carbocycles. The number of anilines is 3. The molecule has 72 heavy (non-hydrogen) atoms. The fraction of sp³-hybridized carbons (Fsp3) is 0.0294. The summed E-state index contributed by atoms with van der Waals surface area (Å²) in [5.41, 5.74) is 21.8. The van der Waals surface area contributed by atoms with Crippen molar-refractivity contribution in [2.75, 3.05) is 4.90 Å². The number of furan rings is 1. The highest BCUT2D eigenvalue weighted by Gasteiger charge is 2.53. The Morgan fingerprint density at radius 1 is 0.319 bits per heavy atom. The average molecular weight is 934 g/mol. The molecule has 0 fully saturated rings. The third-order valence-corrected chi connectivity index (χ3v) is 17.7. The molecule has 0 amide bonds. The van der Waals surface area contributed by atoms with Crippen molar-refractivity contribution < 1.29 is 9.15 Å². The molecule has 4 aliphatic rings. The van der Waals surface area contributed by atoms with Crippen LogP contribution in [0.5, 0.6) is 11.5 Å². The molecule has 17 rings (SSSR count). The summed E-state index contributed by atoms with van der Waals surface area (Å²) in [6.07, 6.45) is 0. The minimum Gasteiger partial charge on any atom is -0.457 e. The van der Waals surface area contributed by atoms with Crippen LogP contribution in [-0.4, -0.2) is 0 Å². The molecule has 0 bridgehead atoms. The number of ether oxygens (including phenoxy) is 1. The third kappa shape index (κ3) is 4.67. The Bertz CT molecular complexity index is 4420. The Labute approximate surface area is 419 Å². The zero-order chi connectivity index (χ0) is 46.9. The standard InChI is InChI=1S/C68H39NO2S/c1-6-22-49-41(17-1)42-18-2-7-23-50(42)67(49)51-24-8-3-19-43(51)45-36-35-40(37-55(45)67)69(57-28-15-33-62-65(57)46-21-5-12-30-59(46)70-62)58-29-16-34-63-66(58)48-38-47-44-20-4-9-25-52(44)68(56(47)39-64(48)72-63)53-26-10-13-31-60(53)71-61-32-14-11-27-54(61)68/h1-39H. The first kappa shape index (κ1) is 38.8. The molecule has 13 aromatic rings. The van der Waals surface area contributed by atoms with E-state index in [4.69, 9.17) is 9.15 Å². The molecule has 2 spiro atoms. The highest BCUT2D eigenvalue weighted by atomic mass is 32.1. The number of thiophene rings is 1. The van der Waals surface area contributed by atoms with Gasteiger partial charge in [0.1, 0.15) is 22.7 Å². The Morgan fingerprint density at radius 2 is 0.806 bits per heavy atom. The highest BCUT2D eigenvalue weighted by molar-refractivity contribution is 7.26. The maximum Gasteiger partial charge on any atom is 0.137 e. The second-order valence-electron chi connectivity index (χ2n) is 19.7. The molecular weight excluding hydrogens is 895 g/mol. The van der Waals surface area contributed by atoms with Crippen LogP contribution in [0, 0.1) is 0 Å². The summed E-state index contributed by atoms with van der Waals surface area (Å²) in [7, 11) is 0. The van der Waals surface area contributed by atoms with Crippen molar-refractivity contribution in [3.63, 3.8) is 0 Å². The van der Waals surface area contributed by atoms with E-state index in [0.29, 0.717) is 0 Å². The van der Waals surface area contributed by atoms with Crippen LogP contribution in [0.3, 0.4) is 0 Å². The van der Waals surface area contributed by atoms with E-state index in [1.807, 2.05) is 11.3 Å². The van der Waals surface area contributed by atoms with Crippen molar-refractivity contribution in [2.45, 2.75) is 10.8 Å². The van der Waals surface area contributed by atoms with Crippen LogP contribution < -0.4 is 9.64 Å². The van der Waals surface area contributed by atoms with Crippen molar-refractivity contribution in [1.82, 2.24) is 0 Å². The molecule has 3 heterocycles. The van der Waals surface area contributed by atoms with E-state index in [-0.39, 0.29) is 0 Å². The van der Waals surface area contributed by atoms with Crippen molar-refractivity contribution in [1.29, 1.82) is 0 Å². The van der Waals surface area contributed by atoms with Crippen LogP contribution >= 0.6 is 11.3 Å². The van der Waals surface area contributed by atoms with E-state index >= 15 is 0 Å². The van der Waals surface area contributed by atoms with Crippen LogP contribution in [0.25, 0.3) is 75.5 Å². The largest absolute Gasteiger partial charge is 0.457 e. The summed E-state index contributed by atoms with van der Waals surface area (Å²) >= 11 is 1.88. The van der Waals surface area contributed by atoms with Gasteiger partial charge in [0.05, 0.1) is 27.6 Å². The maximum absolute atomic E-state index is 6.71. The first-order chi connectivity index (χ1) is 35.7. The molecule has 2 aromatic heterocycles. The lowest BCUT2D eigenvalue weighted by molar-refractivity contribution is 0.436. The summed E-state index contributed by atoms with van der Waals surface area (Å²) < 4.78 is 15.9. The summed E-state index contributed by atoms with van der Waals surface area (Å²) in [5, 5.41) is 4.65. The summed E-state index contributed by atoms with van der Waals surface area (Å²) in [4.78, 5) is 2.54. The fourth-order valence-electron chi connectivity index (χ4n) is 13.9. The first-order valence-electron chi connectivity index (χ1n) is 24.8. The molecule has 3 nitrogen and oxygen atoms in total. The van der Waals surface area contributed by atoms with Gasteiger partial charge in [-0.3, -0.25) is 0 Å². The maximum atomic E-state index is 6.71. The average Bonchev–Trinajstić information content (AvgIpc) is 4.23. The van der Waals surface area contributed by atoms with Gasteiger partial charge in [0, 0.05) is 42.4 Å². The summed E-state index contributed by atoms with van der Waals surface area (Å²) in [6, 6.07) is 87.7. The first-order valence-corrected chi connectivity index (χ1v) is 25.6. The van der Waals surface area contributed by atoms with E-state index in [1.165, 1.54) is 98.1 Å². The minimum atomic E-state index is -0.552. The van der Waals surface area contributed by atoms with Crippen molar-refractivity contribution >= 4 is 70.5 Å². The Kier molecular flexibility index (Phi) is 7.49. The topological polar surface area (TPSA) is 25.6 Å². The van der Waals surface area contributed by atoms with Gasteiger partial charge in [0.25, 0.3) is 0 Å². The second-order valence-corrected chi connectivity index (χ2v) is 20.8. The number of fused-ring (bicyclic) bond motifs is 25. The van der Waals surface area contributed by atoms with Gasteiger partial charge in [-0.15, -0.1) is 11.3 Å². The minimum absolute atomic E-state index is 0.498. The molecule has 0 saturated carbocycles. The van der Waals surface area contributed by atoms with Crippen LogP contribution in [0.15, 0.2) is 241 Å². The smallest absolute Gasteiger partial charge is 0.137 e. The quantitative estimate of drug-likeness (QED) is 0.177. The molecular formula is C68H39NO2S. The van der Waals surface area contributed by atoms with Gasteiger partial charge in [0.15, 0.2) is 0 Å². The van der Waals surface area contributed by atoms with E-state index in [2.05, 4.69) is 241 Å². The molecule has 0 unspecified atom stereocenters. The van der Waals surface area contributed by atoms with Crippen molar-refractivity contribution in [3.8, 4) is 44.9 Å². The number of hydrogen-bond acceptors (Lipinski definition) is 4. The third-order valence-electron chi connectivity index (χ3n) is 16.5. The highest BCUT2D eigenvalue weighted by Crippen LogP contribution is 2.65. The van der Waals surface area contributed by atoms with Gasteiger partial charge in [-0.1, -0.05) is 170 Å². The number of benzene rings is 11. The van der Waals surface area contributed by atoms with Gasteiger partial charge in [-0.05, 0) is 133 Å². The molecule has 3 aliphatic carbocycles. The van der Waals surface area contributed by atoms with Crippen molar-refractivity contribution in [3.05, 3.63) is 281 Å². The SMILES string of the molecule is c1ccc2c(c1)Oc1ccccc1C21c2ccccc2-c2cc3c(cc21)sc1cccc(N(c2ccc4c(c2)C2(c5ccccc5-c5ccccc52)c2ccccc2-4)c2cccc4oc5ccccc5c24)c13. The molecule has 4 heteroatoms. The Morgan fingerprint density at radius 3 is 1.46 bits per heavy atom. The molecule has 0 N–H and O–H groups in total. The van der Waals surface area contributed by atoms with E-state index in [1.54, 1.807) is 0 Å². The van der Waals surface area contributed by atoms with Crippen LogP contribution in [0.2, 0.25) is 0 Å². The van der Waals surface area contributed by atoms with Gasteiger partial charge in [-0.25, -0.2) is 0 Å². The number of rotatable bonds is 3. The molecule has 334 valence electrons. The van der Waals surface area contributed by atoms with E-state index in [0.717, 1.165) is 50.5 Å². The zero-order valence-corrected chi connectivity index (χ0v) is 39.5. The van der Waals surface area contributed by atoms with E-state index in [9.17, 15) is 0 Å².